The fourth-order valence-corrected chi connectivity index (χ4v) is 8.45. The Morgan fingerprint density at radius 3 is 2.62 bits per heavy atom. The quantitative estimate of drug-likeness (QED) is 0.207. The van der Waals surface area contributed by atoms with Gasteiger partial charge in [0.05, 0.1) is 18.2 Å². The average molecular weight is 543 g/mol. The molecule has 2 heterocycles. The summed E-state index contributed by atoms with van der Waals surface area (Å²) in [5, 5.41) is 32.0. The molecule has 1 spiro atoms. The molecule has 0 radical (unpaired) electrons. The summed E-state index contributed by atoms with van der Waals surface area (Å²) in [7, 11) is 0. The maximum Gasteiger partial charge on any atom is 0.326 e. The largest absolute Gasteiger partial charge is 0.508 e. The highest BCUT2D eigenvalue weighted by Gasteiger charge is 2.67. The number of carbonyl (C=O) groups is 2. The number of rotatable bonds is 6. The molecule has 214 valence electrons. The number of fused-ring (bicyclic) bond motifs is 5. The highest BCUT2D eigenvalue weighted by molar-refractivity contribution is 6.02. The van der Waals surface area contributed by atoms with Crippen molar-refractivity contribution < 1.29 is 29.6 Å². The summed E-state index contributed by atoms with van der Waals surface area (Å²) in [6.45, 7) is 9.15. The Balaban J connectivity index is 1.49. The lowest BCUT2D eigenvalue weighted by Crippen LogP contribution is -2.66. The number of benzene rings is 1. The molecule has 39 heavy (non-hydrogen) atoms. The third kappa shape index (κ3) is 3.97. The SMILES string of the molecule is C[C@H]1CC[C@H]2C(C)(C)[C@H](O)CC[C@]2(C)[C@]12Cc1c(O)cc3c(c1O2)CN([C@@H](CCCN=C(N)N)C(=O)O)C3=O. The van der Waals surface area contributed by atoms with Crippen LogP contribution in [0.4, 0.5) is 0 Å². The molecule has 1 aromatic rings. The Labute approximate surface area is 229 Å². The number of carboxylic acid groups (broad SMARTS) is 1. The molecule has 2 aliphatic carbocycles. The first-order valence-electron chi connectivity index (χ1n) is 14.1. The third-order valence-electron chi connectivity index (χ3n) is 10.7. The van der Waals surface area contributed by atoms with Gasteiger partial charge in [-0.25, -0.2) is 4.79 Å². The molecule has 2 saturated carbocycles. The standard InChI is InChI=1S/C29H42N4O6/c1-15-7-8-21-27(2,3)22(35)9-10-28(21,4)29(15)13-17-20(34)12-16-18(23(17)39-29)14-33(24(16)36)19(25(37)38)6-5-11-32-26(30)31/h12,15,19,21-22,34-35H,5-11,13-14H2,1-4H3,(H,37,38)(H4,30,31,32)/t15-,19-,21-,22+,28-,29-/m0/s1. The second kappa shape index (κ2) is 9.28. The van der Waals surface area contributed by atoms with Gasteiger partial charge in [0.2, 0.25) is 0 Å². The van der Waals surface area contributed by atoms with Crippen LogP contribution in [0.25, 0.3) is 0 Å². The second-order valence-electron chi connectivity index (χ2n) is 13.0. The number of aliphatic carboxylic acids is 1. The normalized spacial score (nSPS) is 33.2. The number of phenols is 1. The number of hydrogen-bond acceptors (Lipinski definition) is 6. The van der Waals surface area contributed by atoms with Crippen LogP contribution in [0.5, 0.6) is 11.5 Å². The maximum atomic E-state index is 13.5. The van der Waals surface area contributed by atoms with Gasteiger partial charge in [-0.15, -0.1) is 0 Å². The average Bonchev–Trinajstić information content (AvgIpc) is 3.41. The van der Waals surface area contributed by atoms with Crippen LogP contribution in [0.2, 0.25) is 0 Å². The summed E-state index contributed by atoms with van der Waals surface area (Å²) >= 11 is 0. The van der Waals surface area contributed by atoms with Crippen molar-refractivity contribution in [3.8, 4) is 11.5 Å². The lowest BCUT2D eigenvalue weighted by Gasteiger charge is -2.64. The second-order valence-corrected chi connectivity index (χ2v) is 13.0. The zero-order valence-electron chi connectivity index (χ0n) is 23.4. The number of carbonyl (C=O) groups excluding carboxylic acids is 1. The van der Waals surface area contributed by atoms with Crippen LogP contribution in [-0.2, 0) is 17.8 Å². The molecule has 10 heteroatoms. The van der Waals surface area contributed by atoms with Gasteiger partial charge in [0.25, 0.3) is 5.91 Å². The maximum absolute atomic E-state index is 13.5. The van der Waals surface area contributed by atoms with Crippen molar-refractivity contribution in [2.24, 2.45) is 39.1 Å². The number of phenolic OH excluding ortho intramolecular Hbond substituents is 1. The van der Waals surface area contributed by atoms with E-state index in [0.29, 0.717) is 41.7 Å². The van der Waals surface area contributed by atoms with E-state index in [-0.39, 0.29) is 60.0 Å². The van der Waals surface area contributed by atoms with E-state index in [9.17, 15) is 24.9 Å². The van der Waals surface area contributed by atoms with Crippen LogP contribution in [0.1, 0.15) is 87.7 Å². The third-order valence-corrected chi connectivity index (χ3v) is 10.7. The van der Waals surface area contributed by atoms with Crippen molar-refractivity contribution in [2.45, 2.75) is 96.9 Å². The van der Waals surface area contributed by atoms with Crippen LogP contribution >= 0.6 is 0 Å². The van der Waals surface area contributed by atoms with E-state index in [1.807, 2.05) is 0 Å². The molecule has 2 fully saturated rings. The van der Waals surface area contributed by atoms with Gasteiger partial charge in [0.15, 0.2) is 5.96 Å². The van der Waals surface area contributed by atoms with Crippen molar-refractivity contribution in [3.05, 3.63) is 22.8 Å². The summed E-state index contributed by atoms with van der Waals surface area (Å²) in [4.78, 5) is 31.0. The van der Waals surface area contributed by atoms with E-state index in [2.05, 4.69) is 32.7 Å². The minimum absolute atomic E-state index is 0.0171. The predicted octanol–water partition coefficient (Wildman–Crippen LogP) is 2.76. The van der Waals surface area contributed by atoms with Crippen molar-refractivity contribution in [2.75, 3.05) is 6.54 Å². The Kier molecular flexibility index (Phi) is 6.56. The minimum atomic E-state index is -1.10. The first-order valence-corrected chi connectivity index (χ1v) is 14.1. The molecule has 10 nitrogen and oxygen atoms in total. The van der Waals surface area contributed by atoms with Crippen molar-refractivity contribution in [1.29, 1.82) is 0 Å². The number of nitrogens with zero attached hydrogens (tertiary/aromatic N) is 2. The summed E-state index contributed by atoms with van der Waals surface area (Å²) < 4.78 is 7.02. The monoisotopic (exact) mass is 542 g/mol. The lowest BCUT2D eigenvalue weighted by atomic mass is 9.43. The van der Waals surface area contributed by atoms with E-state index < -0.39 is 23.5 Å². The smallest absolute Gasteiger partial charge is 0.326 e. The molecule has 7 N–H and O–H groups in total. The molecule has 1 amide bonds. The highest BCUT2D eigenvalue weighted by Crippen LogP contribution is 2.67. The number of aromatic hydroxyl groups is 1. The molecule has 5 rings (SSSR count). The molecule has 0 saturated heterocycles. The zero-order chi connectivity index (χ0) is 28.5. The van der Waals surface area contributed by atoms with Gasteiger partial charge in [-0.2, -0.15) is 0 Å². The molecular formula is C29H42N4O6. The van der Waals surface area contributed by atoms with Crippen LogP contribution in [-0.4, -0.2) is 62.3 Å². The molecular weight excluding hydrogens is 500 g/mol. The number of aliphatic hydroxyl groups excluding tert-OH is 1. The molecule has 2 aliphatic heterocycles. The Morgan fingerprint density at radius 2 is 1.95 bits per heavy atom. The van der Waals surface area contributed by atoms with Gasteiger partial charge in [-0.3, -0.25) is 9.79 Å². The van der Waals surface area contributed by atoms with Crippen molar-refractivity contribution in [3.63, 3.8) is 0 Å². The van der Waals surface area contributed by atoms with Crippen molar-refractivity contribution >= 4 is 17.8 Å². The summed E-state index contributed by atoms with van der Waals surface area (Å²) in [6, 6.07) is 0.433. The zero-order valence-corrected chi connectivity index (χ0v) is 23.4. The van der Waals surface area contributed by atoms with Gasteiger partial charge in [0, 0.05) is 29.5 Å². The number of aliphatic hydroxyl groups is 1. The number of amides is 1. The number of nitrogens with two attached hydrogens (primary N) is 2. The van der Waals surface area contributed by atoms with Gasteiger partial charge in [-0.05, 0) is 61.8 Å². The molecule has 0 bridgehead atoms. The lowest BCUT2D eigenvalue weighted by molar-refractivity contribution is -0.210. The van der Waals surface area contributed by atoms with Gasteiger partial charge in [0.1, 0.15) is 23.1 Å². The number of carboxylic acids is 1. The summed E-state index contributed by atoms with van der Waals surface area (Å²) in [6.07, 6.45) is 4.17. The van der Waals surface area contributed by atoms with E-state index in [4.69, 9.17) is 16.2 Å². The van der Waals surface area contributed by atoms with E-state index in [1.54, 1.807) is 0 Å². The molecule has 4 aliphatic rings. The predicted molar refractivity (Wildman–Crippen MR) is 145 cm³/mol. The first kappa shape index (κ1) is 27.6. The minimum Gasteiger partial charge on any atom is -0.508 e. The van der Waals surface area contributed by atoms with Gasteiger partial charge >= 0.3 is 5.97 Å². The Hall–Kier alpha value is -3.01. The number of guanidine groups is 1. The van der Waals surface area contributed by atoms with Crippen molar-refractivity contribution in [1.82, 2.24) is 4.90 Å². The first-order chi connectivity index (χ1) is 18.2. The van der Waals surface area contributed by atoms with Crippen LogP contribution in [0.15, 0.2) is 11.1 Å². The Bertz CT molecular complexity index is 1230. The van der Waals surface area contributed by atoms with Crippen LogP contribution in [0, 0.1) is 22.7 Å². The fourth-order valence-electron chi connectivity index (χ4n) is 8.45. The molecule has 0 aromatic heterocycles. The topological polar surface area (TPSA) is 172 Å². The van der Waals surface area contributed by atoms with Crippen LogP contribution in [0.3, 0.4) is 0 Å². The molecule has 1 aromatic carbocycles. The van der Waals surface area contributed by atoms with E-state index in [0.717, 1.165) is 19.3 Å². The van der Waals surface area contributed by atoms with E-state index in [1.165, 1.54) is 11.0 Å². The molecule has 0 unspecified atom stereocenters. The Morgan fingerprint density at radius 1 is 1.23 bits per heavy atom. The summed E-state index contributed by atoms with van der Waals surface area (Å²) in [5.41, 5.74) is 11.3. The molecule has 6 atom stereocenters. The number of aliphatic imine (C=N–C) groups is 1. The number of hydrogen-bond donors (Lipinski definition) is 5. The number of ether oxygens (including phenoxy) is 1. The highest BCUT2D eigenvalue weighted by atomic mass is 16.5. The van der Waals surface area contributed by atoms with Crippen LogP contribution < -0.4 is 16.2 Å². The van der Waals surface area contributed by atoms with E-state index >= 15 is 0 Å². The fraction of sp³-hybridized carbons (Fsp3) is 0.690. The van der Waals surface area contributed by atoms with Gasteiger partial charge < -0.3 is 36.4 Å². The summed E-state index contributed by atoms with van der Waals surface area (Å²) in [5.74, 6) is -0.612. The van der Waals surface area contributed by atoms with Gasteiger partial charge in [-0.1, -0.05) is 27.7 Å².